The summed E-state index contributed by atoms with van der Waals surface area (Å²) in [7, 11) is 1.40. The molecule has 0 aromatic heterocycles. The number of rotatable bonds is 4. The van der Waals surface area contributed by atoms with Crippen LogP contribution in [-0.2, 0) is 14.3 Å². The number of hydrogen-bond acceptors (Lipinski definition) is 5. The zero-order valence-corrected chi connectivity index (χ0v) is 12.5. The van der Waals surface area contributed by atoms with Crippen LogP contribution in [0.5, 0.6) is 0 Å². The van der Waals surface area contributed by atoms with Gasteiger partial charge in [0.25, 0.3) is 0 Å². The fraction of sp³-hybridized carbons (Fsp3) is 0.438. The Morgan fingerprint density at radius 2 is 1.95 bits per heavy atom. The van der Waals surface area contributed by atoms with Gasteiger partial charge in [-0.2, -0.15) is 5.26 Å². The molecule has 0 radical (unpaired) electrons. The van der Waals surface area contributed by atoms with E-state index >= 15 is 0 Å². The van der Waals surface area contributed by atoms with E-state index in [4.69, 9.17) is 10.00 Å². The summed E-state index contributed by atoms with van der Waals surface area (Å²) >= 11 is 0. The summed E-state index contributed by atoms with van der Waals surface area (Å²) in [4.78, 5) is 25.5. The van der Waals surface area contributed by atoms with E-state index in [0.29, 0.717) is 30.9 Å². The van der Waals surface area contributed by atoms with Gasteiger partial charge in [-0.15, -0.1) is 0 Å². The van der Waals surface area contributed by atoms with E-state index in [1.54, 1.807) is 24.3 Å². The Morgan fingerprint density at radius 1 is 1.32 bits per heavy atom. The van der Waals surface area contributed by atoms with Gasteiger partial charge in [-0.05, 0) is 50.2 Å². The van der Waals surface area contributed by atoms with Crippen LogP contribution in [0.2, 0.25) is 0 Å². The summed E-state index contributed by atoms with van der Waals surface area (Å²) < 4.78 is 4.74. The number of piperidine rings is 1. The molecule has 0 bridgehead atoms. The average molecular weight is 301 g/mol. The lowest BCUT2D eigenvalue weighted by Crippen LogP contribution is -2.41. The molecular formula is C16H19N3O3. The number of carbonyl (C=O) groups excluding carboxylic acids is 2. The topological polar surface area (TPSA) is 82.4 Å². The number of ether oxygens (including phenoxy) is 1. The Morgan fingerprint density at radius 3 is 2.50 bits per heavy atom. The molecule has 1 fully saturated rings. The van der Waals surface area contributed by atoms with Crippen LogP contribution in [0.1, 0.15) is 18.4 Å². The fourth-order valence-corrected chi connectivity index (χ4v) is 2.53. The first kappa shape index (κ1) is 16.0. The Kier molecular flexibility index (Phi) is 5.50. The second-order valence-corrected chi connectivity index (χ2v) is 5.31. The lowest BCUT2D eigenvalue weighted by Gasteiger charge is -2.29. The van der Waals surface area contributed by atoms with Crippen LogP contribution in [-0.4, -0.2) is 43.5 Å². The normalized spacial score (nSPS) is 15.8. The Balaban J connectivity index is 1.78. The molecule has 0 saturated carbocycles. The Hall–Kier alpha value is -2.39. The first-order valence-electron chi connectivity index (χ1n) is 7.22. The highest BCUT2D eigenvalue weighted by Crippen LogP contribution is 2.18. The minimum Gasteiger partial charge on any atom is -0.469 e. The molecule has 1 N–H and O–H groups in total. The number of carbonyl (C=O) groups is 2. The van der Waals surface area contributed by atoms with Crippen molar-refractivity contribution in [3.63, 3.8) is 0 Å². The molecule has 2 rings (SSSR count). The largest absolute Gasteiger partial charge is 0.469 e. The molecule has 116 valence electrons. The molecule has 22 heavy (non-hydrogen) atoms. The standard InChI is InChI=1S/C16H19N3O3/c1-22-16(21)13-6-8-19(9-7-13)11-15(20)18-14-4-2-12(10-17)3-5-14/h2-5,13H,6-9,11H2,1H3,(H,18,20). The monoisotopic (exact) mass is 301 g/mol. The quantitative estimate of drug-likeness (QED) is 0.850. The number of nitriles is 1. The third kappa shape index (κ3) is 4.30. The van der Waals surface area contributed by atoms with Crippen LogP contribution < -0.4 is 5.32 Å². The molecule has 1 aliphatic rings. The Bertz CT molecular complexity index is 569. The summed E-state index contributed by atoms with van der Waals surface area (Å²) in [6.45, 7) is 1.72. The van der Waals surface area contributed by atoms with Crippen molar-refractivity contribution in [1.29, 1.82) is 5.26 Å². The molecule has 1 aromatic rings. The number of anilines is 1. The third-order valence-electron chi connectivity index (χ3n) is 3.79. The van der Waals surface area contributed by atoms with E-state index in [-0.39, 0.29) is 17.8 Å². The number of hydrogen-bond donors (Lipinski definition) is 1. The van der Waals surface area contributed by atoms with Crippen molar-refractivity contribution in [3.05, 3.63) is 29.8 Å². The summed E-state index contributed by atoms with van der Waals surface area (Å²) in [6.07, 6.45) is 1.44. The minimum absolute atomic E-state index is 0.0529. The zero-order chi connectivity index (χ0) is 15.9. The zero-order valence-electron chi connectivity index (χ0n) is 12.5. The minimum atomic E-state index is -0.165. The SMILES string of the molecule is COC(=O)C1CCN(CC(=O)Nc2ccc(C#N)cc2)CC1. The molecule has 0 spiro atoms. The summed E-state index contributed by atoms with van der Waals surface area (Å²) in [5.74, 6) is -0.314. The number of nitrogens with zero attached hydrogens (tertiary/aromatic N) is 2. The average Bonchev–Trinajstić information content (AvgIpc) is 2.55. The van der Waals surface area contributed by atoms with E-state index in [1.807, 2.05) is 11.0 Å². The van der Waals surface area contributed by atoms with Crippen molar-refractivity contribution in [2.24, 2.45) is 5.92 Å². The van der Waals surface area contributed by atoms with Gasteiger partial charge in [0.1, 0.15) is 0 Å². The smallest absolute Gasteiger partial charge is 0.308 e. The number of esters is 1. The fourth-order valence-electron chi connectivity index (χ4n) is 2.53. The molecule has 0 atom stereocenters. The maximum atomic E-state index is 12.0. The number of methoxy groups -OCH3 is 1. The Labute approximate surface area is 129 Å². The second kappa shape index (κ2) is 7.57. The molecule has 1 saturated heterocycles. The second-order valence-electron chi connectivity index (χ2n) is 5.31. The van der Waals surface area contributed by atoms with E-state index in [1.165, 1.54) is 7.11 Å². The van der Waals surface area contributed by atoms with Crippen molar-refractivity contribution in [1.82, 2.24) is 4.90 Å². The van der Waals surface area contributed by atoms with Gasteiger partial charge >= 0.3 is 5.97 Å². The van der Waals surface area contributed by atoms with Crippen LogP contribution in [0.4, 0.5) is 5.69 Å². The summed E-state index contributed by atoms with van der Waals surface area (Å²) in [6, 6.07) is 8.78. The lowest BCUT2D eigenvalue weighted by molar-refractivity contribution is -0.147. The molecule has 0 unspecified atom stereocenters. The van der Waals surface area contributed by atoms with E-state index in [2.05, 4.69) is 5.32 Å². The van der Waals surface area contributed by atoms with Gasteiger partial charge < -0.3 is 10.1 Å². The van der Waals surface area contributed by atoms with Crippen LogP contribution in [0.25, 0.3) is 0 Å². The maximum absolute atomic E-state index is 12.0. The van der Waals surface area contributed by atoms with Crippen molar-refractivity contribution in [2.45, 2.75) is 12.8 Å². The predicted octanol–water partition coefficient (Wildman–Crippen LogP) is 1.38. The molecule has 1 aromatic carbocycles. The molecule has 1 amide bonds. The third-order valence-corrected chi connectivity index (χ3v) is 3.79. The lowest BCUT2D eigenvalue weighted by atomic mass is 9.97. The highest BCUT2D eigenvalue weighted by molar-refractivity contribution is 5.92. The van der Waals surface area contributed by atoms with E-state index in [9.17, 15) is 9.59 Å². The van der Waals surface area contributed by atoms with Crippen molar-refractivity contribution < 1.29 is 14.3 Å². The molecule has 1 heterocycles. The first-order chi connectivity index (χ1) is 10.6. The maximum Gasteiger partial charge on any atom is 0.308 e. The van der Waals surface area contributed by atoms with Gasteiger partial charge in [-0.3, -0.25) is 14.5 Å². The molecule has 1 aliphatic heterocycles. The van der Waals surface area contributed by atoms with Gasteiger partial charge in [0.2, 0.25) is 5.91 Å². The van der Waals surface area contributed by atoms with Gasteiger partial charge in [-0.25, -0.2) is 0 Å². The van der Waals surface area contributed by atoms with Crippen LogP contribution in [0.15, 0.2) is 24.3 Å². The van der Waals surface area contributed by atoms with Gasteiger partial charge in [0.15, 0.2) is 0 Å². The highest BCUT2D eigenvalue weighted by atomic mass is 16.5. The molecule has 0 aliphatic carbocycles. The van der Waals surface area contributed by atoms with Crippen LogP contribution >= 0.6 is 0 Å². The van der Waals surface area contributed by atoms with E-state index < -0.39 is 0 Å². The van der Waals surface area contributed by atoms with Crippen molar-refractivity contribution in [3.8, 4) is 6.07 Å². The van der Waals surface area contributed by atoms with Gasteiger partial charge in [0, 0.05) is 5.69 Å². The number of benzene rings is 1. The van der Waals surface area contributed by atoms with E-state index in [0.717, 1.165) is 12.8 Å². The first-order valence-corrected chi connectivity index (χ1v) is 7.22. The highest BCUT2D eigenvalue weighted by Gasteiger charge is 2.26. The molecule has 6 nitrogen and oxygen atoms in total. The predicted molar refractivity (Wildman–Crippen MR) is 81.0 cm³/mol. The molecular weight excluding hydrogens is 282 g/mol. The number of likely N-dealkylation sites (tertiary alicyclic amines) is 1. The van der Waals surface area contributed by atoms with Gasteiger partial charge in [0.05, 0.1) is 31.2 Å². The summed E-state index contributed by atoms with van der Waals surface area (Å²) in [5.41, 5.74) is 1.23. The number of nitrogens with one attached hydrogen (secondary N) is 1. The summed E-state index contributed by atoms with van der Waals surface area (Å²) in [5, 5.41) is 11.5. The van der Waals surface area contributed by atoms with Gasteiger partial charge in [-0.1, -0.05) is 0 Å². The van der Waals surface area contributed by atoms with Crippen molar-refractivity contribution >= 4 is 17.6 Å². The van der Waals surface area contributed by atoms with Crippen molar-refractivity contribution in [2.75, 3.05) is 32.1 Å². The molecule has 6 heteroatoms. The van der Waals surface area contributed by atoms with Crippen LogP contribution in [0.3, 0.4) is 0 Å². The number of amides is 1. The van der Waals surface area contributed by atoms with Crippen LogP contribution in [0, 0.1) is 17.2 Å².